The van der Waals surface area contributed by atoms with Crippen molar-refractivity contribution in [2.75, 3.05) is 31.5 Å². The van der Waals surface area contributed by atoms with Crippen LogP contribution < -0.4 is 5.32 Å². The van der Waals surface area contributed by atoms with Gasteiger partial charge in [-0.15, -0.1) is 11.3 Å². The summed E-state index contributed by atoms with van der Waals surface area (Å²) in [4.78, 5) is 30.8. The number of hydrogen-bond acceptors (Lipinski definition) is 4. The van der Waals surface area contributed by atoms with Crippen molar-refractivity contribution in [2.24, 2.45) is 5.92 Å². The highest BCUT2D eigenvalue weighted by molar-refractivity contribution is 7.17. The number of amides is 2. The maximum absolute atomic E-state index is 13.4. The summed E-state index contributed by atoms with van der Waals surface area (Å²) >= 11 is 1.60. The molecule has 1 N–H and O–H groups in total. The van der Waals surface area contributed by atoms with Crippen LogP contribution in [0.15, 0.2) is 30.3 Å². The van der Waals surface area contributed by atoms with Gasteiger partial charge in [-0.1, -0.05) is 37.3 Å². The van der Waals surface area contributed by atoms with Crippen molar-refractivity contribution >= 4 is 28.2 Å². The van der Waals surface area contributed by atoms with Crippen molar-refractivity contribution in [2.45, 2.75) is 39.7 Å². The molecule has 0 saturated carbocycles. The smallest absolute Gasteiger partial charge is 0.257 e. The van der Waals surface area contributed by atoms with Crippen molar-refractivity contribution in [3.05, 3.63) is 51.9 Å². The summed E-state index contributed by atoms with van der Waals surface area (Å²) in [6, 6.07) is 10.5. The summed E-state index contributed by atoms with van der Waals surface area (Å²) in [6.45, 7) is 7.90. The highest BCUT2D eigenvalue weighted by atomic mass is 32.1. The molecular formula is C23H29N3O2S. The van der Waals surface area contributed by atoms with Crippen molar-refractivity contribution in [1.82, 2.24) is 9.80 Å². The number of rotatable bonds is 4. The summed E-state index contributed by atoms with van der Waals surface area (Å²) in [5.74, 6) is 0.606. The number of nitrogens with zero attached hydrogens (tertiary/aromatic N) is 2. The van der Waals surface area contributed by atoms with E-state index in [0.717, 1.165) is 62.6 Å². The maximum atomic E-state index is 13.4. The fourth-order valence-corrected chi connectivity index (χ4v) is 5.78. The first-order chi connectivity index (χ1) is 14.0. The Kier molecular flexibility index (Phi) is 6.01. The fourth-order valence-electron chi connectivity index (χ4n) is 4.33. The molecular weight excluding hydrogens is 382 g/mol. The summed E-state index contributed by atoms with van der Waals surface area (Å²) in [5.41, 5.74) is 3.23. The Morgan fingerprint density at radius 3 is 2.55 bits per heavy atom. The normalized spacial score (nSPS) is 19.7. The summed E-state index contributed by atoms with van der Waals surface area (Å²) in [7, 11) is 0. The molecule has 154 valence electrons. The van der Waals surface area contributed by atoms with Gasteiger partial charge in [-0.2, -0.15) is 0 Å². The van der Waals surface area contributed by atoms with Gasteiger partial charge >= 0.3 is 0 Å². The van der Waals surface area contributed by atoms with Crippen LogP contribution in [0, 0.1) is 5.92 Å². The second-order valence-electron chi connectivity index (χ2n) is 8.29. The minimum Gasteiger partial charge on any atom is -0.336 e. The predicted octanol–water partition coefficient (Wildman–Crippen LogP) is 3.79. The average Bonchev–Trinajstić information content (AvgIpc) is 3.05. The number of fused-ring (bicyclic) bond motifs is 1. The van der Waals surface area contributed by atoms with Crippen LogP contribution in [0.25, 0.3) is 0 Å². The maximum Gasteiger partial charge on any atom is 0.257 e. The van der Waals surface area contributed by atoms with E-state index in [9.17, 15) is 9.59 Å². The lowest BCUT2D eigenvalue weighted by Gasteiger charge is -2.35. The van der Waals surface area contributed by atoms with Gasteiger partial charge in [-0.25, -0.2) is 0 Å². The molecule has 2 heterocycles. The van der Waals surface area contributed by atoms with Crippen LogP contribution in [-0.2, 0) is 24.2 Å². The molecule has 1 aliphatic heterocycles. The Hall–Kier alpha value is -2.18. The van der Waals surface area contributed by atoms with E-state index < -0.39 is 0 Å². The third-order valence-electron chi connectivity index (χ3n) is 5.92. The van der Waals surface area contributed by atoms with Crippen LogP contribution >= 0.6 is 11.3 Å². The van der Waals surface area contributed by atoms with Crippen LogP contribution in [0.1, 0.15) is 46.6 Å². The molecule has 1 aliphatic carbocycles. The van der Waals surface area contributed by atoms with Gasteiger partial charge in [0.15, 0.2) is 0 Å². The van der Waals surface area contributed by atoms with Crippen LogP contribution in [0.3, 0.4) is 0 Å². The third kappa shape index (κ3) is 4.54. The van der Waals surface area contributed by atoms with Crippen molar-refractivity contribution < 1.29 is 9.59 Å². The molecule has 2 aliphatic rings. The lowest BCUT2D eigenvalue weighted by atomic mass is 9.88. The van der Waals surface area contributed by atoms with E-state index in [4.69, 9.17) is 0 Å². The summed E-state index contributed by atoms with van der Waals surface area (Å²) in [6.07, 6.45) is 3.04. The molecule has 4 rings (SSSR count). The zero-order chi connectivity index (χ0) is 20.4. The monoisotopic (exact) mass is 411 g/mol. The Bertz CT molecular complexity index is 885. The minimum atomic E-state index is -0.113. The van der Waals surface area contributed by atoms with Crippen molar-refractivity contribution in [1.29, 1.82) is 0 Å². The predicted molar refractivity (Wildman–Crippen MR) is 117 cm³/mol. The Balaban J connectivity index is 1.48. The lowest BCUT2D eigenvalue weighted by Crippen LogP contribution is -2.48. The lowest BCUT2D eigenvalue weighted by molar-refractivity contribution is -0.114. The van der Waals surface area contributed by atoms with Gasteiger partial charge in [0.25, 0.3) is 5.91 Å². The van der Waals surface area contributed by atoms with Crippen LogP contribution in [0.2, 0.25) is 0 Å². The van der Waals surface area contributed by atoms with E-state index in [1.165, 1.54) is 22.9 Å². The zero-order valence-electron chi connectivity index (χ0n) is 17.2. The molecule has 0 spiro atoms. The molecule has 1 aromatic carbocycles. The molecule has 6 heteroatoms. The average molecular weight is 412 g/mol. The Labute approximate surface area is 176 Å². The Morgan fingerprint density at radius 2 is 1.86 bits per heavy atom. The standard InChI is InChI=1S/C23H29N3O2S/c1-16-8-9-19-20(14-16)29-22(24-17(2)27)21(19)23(28)26-12-10-25(11-13-26)15-18-6-4-3-5-7-18/h3-7,16H,8-15H2,1-2H3,(H,24,27)/t16-/m1/s1. The van der Waals surface area contributed by atoms with E-state index >= 15 is 0 Å². The highest BCUT2D eigenvalue weighted by Crippen LogP contribution is 2.40. The van der Waals surface area contributed by atoms with Crippen LogP contribution in [-0.4, -0.2) is 47.8 Å². The number of piperazine rings is 1. The largest absolute Gasteiger partial charge is 0.336 e. The summed E-state index contributed by atoms with van der Waals surface area (Å²) in [5, 5.41) is 3.67. The first-order valence-corrected chi connectivity index (χ1v) is 11.3. The van der Waals surface area contributed by atoms with Crippen molar-refractivity contribution in [3.63, 3.8) is 0 Å². The SMILES string of the molecule is CC(=O)Nc1sc2c(c1C(=O)N1CCN(Cc3ccccc3)CC1)CC[C@@H](C)C2. The molecule has 0 bridgehead atoms. The topological polar surface area (TPSA) is 52.7 Å². The molecule has 1 saturated heterocycles. The minimum absolute atomic E-state index is 0.0835. The van der Waals surface area contributed by atoms with E-state index in [0.29, 0.717) is 5.92 Å². The second-order valence-corrected chi connectivity index (χ2v) is 9.40. The third-order valence-corrected chi connectivity index (χ3v) is 7.09. The van der Waals surface area contributed by atoms with E-state index in [1.54, 1.807) is 11.3 Å². The molecule has 0 unspecified atom stereocenters. The molecule has 1 fully saturated rings. The number of carbonyl (C=O) groups is 2. The molecule has 0 radical (unpaired) electrons. The molecule has 2 aromatic rings. The van der Waals surface area contributed by atoms with Gasteiger partial charge in [-0.05, 0) is 36.3 Å². The number of anilines is 1. The zero-order valence-corrected chi connectivity index (χ0v) is 18.1. The fraction of sp³-hybridized carbons (Fsp3) is 0.478. The van der Waals surface area contributed by atoms with Gasteiger partial charge in [0.2, 0.25) is 5.91 Å². The van der Waals surface area contributed by atoms with Crippen LogP contribution in [0.4, 0.5) is 5.00 Å². The molecule has 29 heavy (non-hydrogen) atoms. The number of nitrogens with one attached hydrogen (secondary N) is 1. The number of hydrogen-bond donors (Lipinski definition) is 1. The van der Waals surface area contributed by atoms with Gasteiger partial charge in [0, 0.05) is 44.5 Å². The van der Waals surface area contributed by atoms with Crippen LogP contribution in [0.5, 0.6) is 0 Å². The molecule has 5 nitrogen and oxygen atoms in total. The number of carbonyl (C=O) groups excluding carboxylic acids is 2. The van der Waals surface area contributed by atoms with Gasteiger partial charge in [0.05, 0.1) is 5.56 Å². The number of thiophene rings is 1. The van der Waals surface area contributed by atoms with E-state index in [1.807, 2.05) is 11.0 Å². The summed E-state index contributed by atoms with van der Waals surface area (Å²) < 4.78 is 0. The first-order valence-electron chi connectivity index (χ1n) is 10.5. The van der Waals surface area contributed by atoms with Gasteiger partial charge in [-0.3, -0.25) is 14.5 Å². The molecule has 2 amide bonds. The molecule has 1 atom stereocenters. The van der Waals surface area contributed by atoms with Gasteiger partial charge < -0.3 is 10.2 Å². The first kappa shape index (κ1) is 20.1. The quantitative estimate of drug-likeness (QED) is 0.833. The van der Waals surface area contributed by atoms with E-state index in [-0.39, 0.29) is 11.8 Å². The Morgan fingerprint density at radius 1 is 1.14 bits per heavy atom. The van der Waals surface area contributed by atoms with Crippen molar-refractivity contribution in [3.8, 4) is 0 Å². The van der Waals surface area contributed by atoms with E-state index in [2.05, 4.69) is 41.4 Å². The highest BCUT2D eigenvalue weighted by Gasteiger charge is 2.31. The number of benzene rings is 1. The molecule has 1 aromatic heterocycles. The second kappa shape index (κ2) is 8.67. The van der Waals surface area contributed by atoms with Gasteiger partial charge in [0.1, 0.15) is 5.00 Å².